The predicted octanol–water partition coefficient (Wildman–Crippen LogP) is 0.698. The lowest BCUT2D eigenvalue weighted by Gasteiger charge is -2.05. The van der Waals surface area contributed by atoms with Crippen LogP contribution in [0.1, 0.15) is 11.7 Å². The van der Waals surface area contributed by atoms with E-state index in [4.69, 9.17) is 4.52 Å². The van der Waals surface area contributed by atoms with Crippen molar-refractivity contribution < 1.29 is 4.52 Å². The molecule has 0 unspecified atom stereocenters. The van der Waals surface area contributed by atoms with Gasteiger partial charge < -0.3 is 15.2 Å². The Morgan fingerprint density at radius 2 is 2.21 bits per heavy atom. The van der Waals surface area contributed by atoms with Gasteiger partial charge in [0.2, 0.25) is 11.8 Å². The lowest BCUT2D eigenvalue weighted by atomic mass is 10.4. The monoisotopic (exact) mass is 260 g/mol. The van der Waals surface area contributed by atoms with Gasteiger partial charge in [-0.3, -0.25) is 5.10 Å². The van der Waals surface area contributed by atoms with Gasteiger partial charge in [0, 0.05) is 7.05 Å². The Hall–Kier alpha value is -2.71. The fourth-order valence-corrected chi connectivity index (χ4v) is 1.65. The molecule has 0 aliphatic heterocycles. The number of hydrogen-bond acceptors (Lipinski definition) is 8. The number of H-pyrrole nitrogens is 1. The Morgan fingerprint density at radius 3 is 2.95 bits per heavy atom. The highest BCUT2D eigenvalue weighted by atomic mass is 16.5. The fraction of sp³-hybridized carbons (Fsp3) is 0.300. The van der Waals surface area contributed by atoms with Gasteiger partial charge in [0.15, 0.2) is 11.5 Å². The summed E-state index contributed by atoms with van der Waals surface area (Å²) in [4.78, 5) is 12.7. The molecule has 9 heteroatoms. The third-order valence-electron chi connectivity index (χ3n) is 2.51. The molecule has 0 aromatic carbocycles. The molecule has 0 amide bonds. The normalized spacial score (nSPS) is 10.8. The van der Waals surface area contributed by atoms with Gasteiger partial charge >= 0.3 is 0 Å². The summed E-state index contributed by atoms with van der Waals surface area (Å²) in [5, 5.41) is 17.3. The summed E-state index contributed by atoms with van der Waals surface area (Å²) in [6.45, 7) is 2.16. The van der Waals surface area contributed by atoms with E-state index >= 15 is 0 Å². The second kappa shape index (κ2) is 4.52. The maximum atomic E-state index is 5.03. The van der Waals surface area contributed by atoms with E-state index in [-0.39, 0.29) is 0 Å². The van der Waals surface area contributed by atoms with Gasteiger partial charge in [-0.15, -0.1) is 0 Å². The minimum atomic E-state index is 0.390. The summed E-state index contributed by atoms with van der Waals surface area (Å²) in [6.07, 6.45) is 1.66. The van der Waals surface area contributed by atoms with Gasteiger partial charge in [-0.1, -0.05) is 5.16 Å². The summed E-state index contributed by atoms with van der Waals surface area (Å²) >= 11 is 0. The molecule has 3 N–H and O–H groups in total. The highest BCUT2D eigenvalue weighted by molar-refractivity contribution is 5.86. The zero-order valence-electron chi connectivity index (χ0n) is 10.4. The largest absolute Gasteiger partial charge is 0.360 e. The van der Waals surface area contributed by atoms with Crippen LogP contribution >= 0.6 is 0 Å². The molecule has 3 aromatic rings. The molecule has 0 radical (unpaired) electrons. The number of aryl methyl sites for hydroxylation is 1. The third-order valence-corrected chi connectivity index (χ3v) is 2.51. The second-order valence-corrected chi connectivity index (χ2v) is 3.87. The molecule has 19 heavy (non-hydrogen) atoms. The van der Waals surface area contributed by atoms with Crippen molar-refractivity contribution in [3.05, 3.63) is 17.9 Å². The lowest BCUT2D eigenvalue weighted by molar-refractivity contribution is 0.379. The van der Waals surface area contributed by atoms with E-state index in [9.17, 15) is 0 Å². The zero-order valence-corrected chi connectivity index (χ0v) is 10.4. The maximum absolute atomic E-state index is 5.03. The van der Waals surface area contributed by atoms with E-state index in [2.05, 4.69) is 40.9 Å². The Morgan fingerprint density at radius 1 is 1.32 bits per heavy atom. The van der Waals surface area contributed by atoms with Crippen molar-refractivity contribution >= 4 is 22.8 Å². The summed E-state index contributed by atoms with van der Waals surface area (Å²) in [7, 11) is 1.75. The number of hydrogen-bond donors (Lipinski definition) is 3. The van der Waals surface area contributed by atoms with Crippen molar-refractivity contribution in [2.45, 2.75) is 13.5 Å². The van der Waals surface area contributed by atoms with Gasteiger partial charge in [0.1, 0.15) is 5.82 Å². The number of anilines is 2. The topological polar surface area (TPSA) is 117 Å². The first-order valence-corrected chi connectivity index (χ1v) is 5.68. The molecule has 0 spiro atoms. The maximum Gasteiger partial charge on any atom is 0.245 e. The van der Waals surface area contributed by atoms with E-state index in [1.54, 1.807) is 20.2 Å². The van der Waals surface area contributed by atoms with Gasteiger partial charge in [-0.05, 0) is 6.92 Å². The molecule has 0 bridgehead atoms. The Balaban J connectivity index is 1.88. The summed E-state index contributed by atoms with van der Waals surface area (Å²) in [5.74, 6) is 2.25. The van der Waals surface area contributed by atoms with Crippen molar-refractivity contribution in [3.63, 3.8) is 0 Å². The minimum Gasteiger partial charge on any atom is -0.360 e. The van der Waals surface area contributed by atoms with Crippen LogP contribution in [-0.4, -0.2) is 37.4 Å². The van der Waals surface area contributed by atoms with Crippen LogP contribution in [0, 0.1) is 6.92 Å². The second-order valence-electron chi connectivity index (χ2n) is 3.87. The molecule has 3 aromatic heterocycles. The standard InChI is InChI=1S/C10H12N8O/c1-5-14-7(19-18-5)4-12-8-6-3-13-17-9(6)16-10(11-2)15-8/h3H,4H2,1-2H3,(H3,11,12,13,15,16,17). The minimum absolute atomic E-state index is 0.390. The quantitative estimate of drug-likeness (QED) is 0.627. The van der Waals surface area contributed by atoms with E-state index in [0.717, 1.165) is 5.39 Å². The Kier molecular flexibility index (Phi) is 2.71. The summed E-state index contributed by atoms with van der Waals surface area (Å²) in [5.41, 5.74) is 0.656. The van der Waals surface area contributed by atoms with Crippen molar-refractivity contribution in [2.24, 2.45) is 0 Å². The molecule has 0 saturated carbocycles. The van der Waals surface area contributed by atoms with Gasteiger partial charge in [-0.2, -0.15) is 20.1 Å². The van der Waals surface area contributed by atoms with Crippen molar-refractivity contribution in [1.29, 1.82) is 0 Å². The summed E-state index contributed by atoms with van der Waals surface area (Å²) < 4.78 is 5.03. The van der Waals surface area contributed by atoms with Crippen LogP contribution in [0.3, 0.4) is 0 Å². The van der Waals surface area contributed by atoms with Gasteiger partial charge in [-0.25, -0.2) is 0 Å². The van der Waals surface area contributed by atoms with Crippen LogP contribution < -0.4 is 10.6 Å². The molecule has 0 aliphatic rings. The highest BCUT2D eigenvalue weighted by Gasteiger charge is 2.10. The molecule has 0 aliphatic carbocycles. The molecule has 9 nitrogen and oxygen atoms in total. The third kappa shape index (κ3) is 2.17. The lowest BCUT2D eigenvalue weighted by Crippen LogP contribution is -2.05. The first kappa shape index (κ1) is 11.4. The molecular weight excluding hydrogens is 248 g/mol. The van der Waals surface area contributed by atoms with Crippen molar-refractivity contribution in [1.82, 2.24) is 30.3 Å². The predicted molar refractivity (Wildman–Crippen MR) is 67.6 cm³/mol. The van der Waals surface area contributed by atoms with E-state index in [0.29, 0.717) is 35.7 Å². The average molecular weight is 260 g/mol. The molecule has 0 saturated heterocycles. The smallest absolute Gasteiger partial charge is 0.245 e. The van der Waals surface area contributed by atoms with E-state index < -0.39 is 0 Å². The summed E-state index contributed by atoms with van der Waals surface area (Å²) in [6, 6.07) is 0. The first-order valence-electron chi connectivity index (χ1n) is 5.68. The van der Waals surface area contributed by atoms with Crippen LogP contribution in [0.5, 0.6) is 0 Å². The number of aromatic amines is 1. The van der Waals surface area contributed by atoms with Crippen molar-refractivity contribution in [3.8, 4) is 0 Å². The van der Waals surface area contributed by atoms with Crippen LogP contribution in [0.25, 0.3) is 11.0 Å². The SMILES string of the molecule is CNc1nc(NCc2nc(C)no2)c2cn[nH]c2n1. The first-order chi connectivity index (χ1) is 9.26. The molecule has 3 rings (SSSR count). The van der Waals surface area contributed by atoms with Crippen LogP contribution in [0.4, 0.5) is 11.8 Å². The fourth-order valence-electron chi connectivity index (χ4n) is 1.65. The number of fused-ring (bicyclic) bond motifs is 1. The molecule has 3 heterocycles. The van der Waals surface area contributed by atoms with E-state index in [1.807, 2.05) is 0 Å². The molecule has 0 fully saturated rings. The van der Waals surface area contributed by atoms with Crippen molar-refractivity contribution in [2.75, 3.05) is 17.7 Å². The van der Waals surface area contributed by atoms with Crippen LogP contribution in [-0.2, 0) is 6.54 Å². The van der Waals surface area contributed by atoms with Gasteiger partial charge in [0.25, 0.3) is 0 Å². The Bertz CT molecular complexity index is 702. The average Bonchev–Trinajstić information content (AvgIpc) is 3.04. The van der Waals surface area contributed by atoms with Gasteiger partial charge in [0.05, 0.1) is 18.1 Å². The molecule has 0 atom stereocenters. The van der Waals surface area contributed by atoms with E-state index in [1.165, 1.54) is 0 Å². The number of rotatable bonds is 4. The highest BCUT2D eigenvalue weighted by Crippen LogP contribution is 2.20. The van der Waals surface area contributed by atoms with Crippen LogP contribution in [0.2, 0.25) is 0 Å². The zero-order chi connectivity index (χ0) is 13.2. The molecular formula is C10H12N8O. The number of nitrogens with one attached hydrogen (secondary N) is 3. The van der Waals surface area contributed by atoms with Crippen LogP contribution in [0.15, 0.2) is 10.7 Å². The Labute approximate surface area is 107 Å². The number of aromatic nitrogens is 6. The number of nitrogens with zero attached hydrogens (tertiary/aromatic N) is 5. The molecule has 98 valence electrons.